The first-order chi connectivity index (χ1) is 7.61. The number of piperidine rings is 1. The van der Waals surface area contributed by atoms with Crippen molar-refractivity contribution >= 4 is 5.91 Å². The molecular weight excluding hydrogens is 204 g/mol. The molecule has 1 heterocycles. The van der Waals surface area contributed by atoms with Gasteiger partial charge in [0.15, 0.2) is 0 Å². The van der Waals surface area contributed by atoms with Gasteiger partial charge in [-0.2, -0.15) is 0 Å². The van der Waals surface area contributed by atoms with Gasteiger partial charge in [0, 0.05) is 13.1 Å². The summed E-state index contributed by atoms with van der Waals surface area (Å²) >= 11 is 0. The highest BCUT2D eigenvalue weighted by Gasteiger charge is 2.26. The summed E-state index contributed by atoms with van der Waals surface area (Å²) in [5, 5.41) is 16.1. The molecule has 1 aliphatic rings. The van der Waals surface area contributed by atoms with E-state index in [9.17, 15) is 9.90 Å². The molecule has 0 radical (unpaired) electrons. The van der Waals surface area contributed by atoms with Gasteiger partial charge in [-0.3, -0.25) is 4.79 Å². The van der Waals surface area contributed by atoms with Crippen LogP contribution in [0.1, 0.15) is 39.5 Å². The lowest BCUT2D eigenvalue weighted by molar-refractivity contribution is -0.126. The van der Waals surface area contributed by atoms with Crippen LogP contribution in [-0.2, 0) is 4.79 Å². The Morgan fingerprint density at radius 3 is 2.69 bits per heavy atom. The standard InChI is InChI=1S/C12H24N2O2/c1-3-12(16,4-2)9-14-11(15)10-6-5-7-13-8-10/h10,13,16H,3-9H2,1-2H3,(H,14,15). The maximum Gasteiger partial charge on any atom is 0.224 e. The Kier molecular flexibility index (Phi) is 5.22. The van der Waals surface area contributed by atoms with E-state index in [1.807, 2.05) is 13.8 Å². The second-order valence-corrected chi connectivity index (χ2v) is 4.69. The topological polar surface area (TPSA) is 61.4 Å². The number of carbonyl (C=O) groups excluding carboxylic acids is 1. The van der Waals surface area contributed by atoms with Gasteiger partial charge in [-0.15, -0.1) is 0 Å². The first kappa shape index (κ1) is 13.5. The molecule has 16 heavy (non-hydrogen) atoms. The first-order valence-corrected chi connectivity index (χ1v) is 6.32. The molecule has 0 aromatic rings. The minimum Gasteiger partial charge on any atom is -0.388 e. The number of nitrogens with one attached hydrogen (secondary N) is 2. The van der Waals surface area contributed by atoms with Crippen molar-refractivity contribution in [3.05, 3.63) is 0 Å². The van der Waals surface area contributed by atoms with Crippen molar-refractivity contribution in [2.75, 3.05) is 19.6 Å². The van der Waals surface area contributed by atoms with Crippen molar-refractivity contribution in [2.24, 2.45) is 5.92 Å². The van der Waals surface area contributed by atoms with Gasteiger partial charge in [-0.05, 0) is 32.2 Å². The number of carbonyl (C=O) groups is 1. The quantitative estimate of drug-likeness (QED) is 0.647. The van der Waals surface area contributed by atoms with Gasteiger partial charge >= 0.3 is 0 Å². The van der Waals surface area contributed by atoms with Crippen LogP contribution >= 0.6 is 0 Å². The molecule has 1 rings (SSSR count). The van der Waals surface area contributed by atoms with Gasteiger partial charge in [0.1, 0.15) is 0 Å². The zero-order valence-corrected chi connectivity index (χ0v) is 10.4. The van der Waals surface area contributed by atoms with E-state index < -0.39 is 5.60 Å². The third-order valence-corrected chi connectivity index (χ3v) is 3.58. The average Bonchev–Trinajstić information content (AvgIpc) is 2.36. The second-order valence-electron chi connectivity index (χ2n) is 4.69. The van der Waals surface area contributed by atoms with Crippen molar-refractivity contribution < 1.29 is 9.90 Å². The maximum atomic E-state index is 11.8. The van der Waals surface area contributed by atoms with Crippen LogP contribution < -0.4 is 10.6 Å². The molecule has 0 aromatic heterocycles. The van der Waals surface area contributed by atoms with Gasteiger partial charge in [0.2, 0.25) is 5.91 Å². The average molecular weight is 228 g/mol. The van der Waals surface area contributed by atoms with Crippen LogP contribution in [0.15, 0.2) is 0 Å². The summed E-state index contributed by atoms with van der Waals surface area (Å²) < 4.78 is 0. The SMILES string of the molecule is CCC(O)(CC)CNC(=O)C1CCCNC1. The Hall–Kier alpha value is -0.610. The fourth-order valence-corrected chi connectivity index (χ4v) is 1.97. The van der Waals surface area contributed by atoms with E-state index in [1.165, 1.54) is 0 Å². The van der Waals surface area contributed by atoms with E-state index in [4.69, 9.17) is 0 Å². The zero-order chi connectivity index (χ0) is 12.0. The molecule has 0 aromatic carbocycles. The number of amides is 1. The highest BCUT2D eigenvalue weighted by Crippen LogP contribution is 2.14. The van der Waals surface area contributed by atoms with Crippen molar-refractivity contribution in [2.45, 2.75) is 45.1 Å². The molecule has 94 valence electrons. The Bertz CT molecular complexity index is 221. The molecule has 0 bridgehead atoms. The minimum absolute atomic E-state index is 0.0757. The molecule has 1 unspecified atom stereocenters. The van der Waals surface area contributed by atoms with Crippen molar-refractivity contribution in [1.82, 2.24) is 10.6 Å². The molecule has 1 atom stereocenters. The van der Waals surface area contributed by atoms with Crippen molar-refractivity contribution in [1.29, 1.82) is 0 Å². The van der Waals surface area contributed by atoms with Crippen LogP contribution in [0.25, 0.3) is 0 Å². The number of rotatable bonds is 5. The highest BCUT2D eigenvalue weighted by molar-refractivity contribution is 5.79. The van der Waals surface area contributed by atoms with Crippen LogP contribution in [0, 0.1) is 5.92 Å². The summed E-state index contributed by atoms with van der Waals surface area (Å²) in [7, 11) is 0. The van der Waals surface area contributed by atoms with Gasteiger partial charge in [0.25, 0.3) is 0 Å². The van der Waals surface area contributed by atoms with Crippen LogP contribution in [0.2, 0.25) is 0 Å². The zero-order valence-electron chi connectivity index (χ0n) is 10.4. The van der Waals surface area contributed by atoms with Crippen LogP contribution in [-0.4, -0.2) is 36.2 Å². The number of hydrogen-bond donors (Lipinski definition) is 3. The first-order valence-electron chi connectivity index (χ1n) is 6.32. The van der Waals surface area contributed by atoms with Crippen molar-refractivity contribution in [3.63, 3.8) is 0 Å². The molecule has 1 aliphatic heterocycles. The normalized spacial score (nSPS) is 21.8. The van der Waals surface area contributed by atoms with E-state index in [0.717, 1.165) is 25.9 Å². The molecule has 0 saturated carbocycles. The molecular formula is C12H24N2O2. The fourth-order valence-electron chi connectivity index (χ4n) is 1.97. The fraction of sp³-hybridized carbons (Fsp3) is 0.917. The number of hydrogen-bond acceptors (Lipinski definition) is 3. The summed E-state index contributed by atoms with van der Waals surface area (Å²) in [4.78, 5) is 11.8. The Morgan fingerprint density at radius 1 is 1.50 bits per heavy atom. The largest absolute Gasteiger partial charge is 0.388 e. The Morgan fingerprint density at radius 2 is 2.19 bits per heavy atom. The van der Waals surface area contributed by atoms with Crippen LogP contribution in [0.4, 0.5) is 0 Å². The second kappa shape index (κ2) is 6.21. The van der Waals surface area contributed by atoms with Crippen LogP contribution in [0.3, 0.4) is 0 Å². The summed E-state index contributed by atoms with van der Waals surface area (Å²) in [6, 6.07) is 0. The maximum absolute atomic E-state index is 11.8. The predicted molar refractivity (Wildman–Crippen MR) is 64.1 cm³/mol. The molecule has 4 nitrogen and oxygen atoms in total. The highest BCUT2D eigenvalue weighted by atomic mass is 16.3. The Balaban J connectivity index is 2.33. The minimum atomic E-state index is -0.738. The van der Waals surface area contributed by atoms with Gasteiger partial charge < -0.3 is 15.7 Å². The molecule has 4 heteroatoms. The third-order valence-electron chi connectivity index (χ3n) is 3.58. The van der Waals surface area contributed by atoms with Gasteiger partial charge in [-0.25, -0.2) is 0 Å². The smallest absolute Gasteiger partial charge is 0.224 e. The predicted octanol–water partition coefficient (Wildman–Crippen LogP) is 0.653. The lowest BCUT2D eigenvalue weighted by Crippen LogP contribution is -2.46. The molecule has 0 spiro atoms. The molecule has 1 saturated heterocycles. The Labute approximate surface area is 97.8 Å². The molecule has 1 amide bonds. The van der Waals surface area contributed by atoms with E-state index in [2.05, 4.69) is 10.6 Å². The summed E-state index contributed by atoms with van der Waals surface area (Å²) in [5.41, 5.74) is -0.738. The summed E-state index contributed by atoms with van der Waals surface area (Å²) in [6.07, 6.45) is 3.36. The van der Waals surface area contributed by atoms with Crippen molar-refractivity contribution in [3.8, 4) is 0 Å². The van der Waals surface area contributed by atoms with Crippen LogP contribution in [0.5, 0.6) is 0 Å². The molecule has 1 fully saturated rings. The lowest BCUT2D eigenvalue weighted by Gasteiger charge is -2.28. The van der Waals surface area contributed by atoms with E-state index in [1.54, 1.807) is 0 Å². The summed E-state index contributed by atoms with van der Waals surface area (Å²) in [6.45, 7) is 6.03. The molecule has 3 N–H and O–H groups in total. The van der Waals surface area contributed by atoms with E-state index in [-0.39, 0.29) is 11.8 Å². The van der Waals surface area contributed by atoms with Gasteiger partial charge in [0.05, 0.1) is 11.5 Å². The summed E-state index contributed by atoms with van der Waals surface area (Å²) in [5.74, 6) is 0.152. The third kappa shape index (κ3) is 3.76. The number of aliphatic hydroxyl groups is 1. The molecule has 0 aliphatic carbocycles. The van der Waals surface area contributed by atoms with E-state index >= 15 is 0 Å². The van der Waals surface area contributed by atoms with E-state index in [0.29, 0.717) is 19.4 Å². The van der Waals surface area contributed by atoms with Gasteiger partial charge in [-0.1, -0.05) is 13.8 Å². The monoisotopic (exact) mass is 228 g/mol. The lowest BCUT2D eigenvalue weighted by atomic mass is 9.95.